The molecule has 2 saturated carbocycles. The Morgan fingerprint density at radius 1 is 1.23 bits per heavy atom. The van der Waals surface area contributed by atoms with E-state index >= 15 is 0 Å². The summed E-state index contributed by atoms with van der Waals surface area (Å²) >= 11 is 0. The molecule has 2 atom stereocenters. The molecule has 13 heavy (non-hydrogen) atoms. The lowest BCUT2D eigenvalue weighted by atomic mass is 9.60. The van der Waals surface area contributed by atoms with Crippen molar-refractivity contribution in [3.05, 3.63) is 0 Å². The molecule has 2 aliphatic carbocycles. The van der Waals surface area contributed by atoms with Gasteiger partial charge in [-0.2, -0.15) is 0 Å². The van der Waals surface area contributed by atoms with E-state index in [0.717, 1.165) is 31.1 Å². The van der Waals surface area contributed by atoms with E-state index in [-0.39, 0.29) is 11.3 Å². The van der Waals surface area contributed by atoms with Gasteiger partial charge in [-0.15, -0.1) is 0 Å². The van der Waals surface area contributed by atoms with Crippen molar-refractivity contribution in [1.82, 2.24) is 0 Å². The first kappa shape index (κ1) is 8.25. The molecule has 2 heterocycles. The average molecular weight is 181 g/mol. The first-order valence-electron chi connectivity index (χ1n) is 5.62. The monoisotopic (exact) mass is 181 g/mol. The smallest absolute Gasteiger partial charge is 0.118 e. The van der Waals surface area contributed by atoms with E-state index in [0.29, 0.717) is 0 Å². The SMILES string of the molecule is CCC12CC3CC(CC(N)(C3)O1)C2. The highest BCUT2D eigenvalue weighted by molar-refractivity contribution is 5.05. The lowest BCUT2D eigenvalue weighted by Crippen LogP contribution is -2.64. The molecule has 0 amide bonds. The topological polar surface area (TPSA) is 35.2 Å². The minimum atomic E-state index is -0.236. The maximum absolute atomic E-state index is 6.26. The van der Waals surface area contributed by atoms with Gasteiger partial charge in [0.1, 0.15) is 5.72 Å². The van der Waals surface area contributed by atoms with E-state index in [1.54, 1.807) is 0 Å². The fraction of sp³-hybridized carbons (Fsp3) is 1.00. The van der Waals surface area contributed by atoms with Gasteiger partial charge in [0.25, 0.3) is 0 Å². The summed E-state index contributed by atoms with van der Waals surface area (Å²) in [7, 11) is 0. The van der Waals surface area contributed by atoms with Crippen LogP contribution in [0.3, 0.4) is 0 Å². The Labute approximate surface area is 79.8 Å². The van der Waals surface area contributed by atoms with Gasteiger partial charge in [-0.1, -0.05) is 6.92 Å². The molecule has 2 heteroatoms. The van der Waals surface area contributed by atoms with Crippen LogP contribution < -0.4 is 5.73 Å². The second-order valence-corrected chi connectivity index (χ2v) is 5.49. The summed E-state index contributed by atoms with van der Waals surface area (Å²) in [5.74, 6) is 1.73. The van der Waals surface area contributed by atoms with Crippen molar-refractivity contribution in [3.63, 3.8) is 0 Å². The van der Waals surface area contributed by atoms with Crippen LogP contribution in [0.1, 0.15) is 45.4 Å². The van der Waals surface area contributed by atoms with Gasteiger partial charge in [-0.25, -0.2) is 0 Å². The number of hydrogen-bond acceptors (Lipinski definition) is 2. The summed E-state index contributed by atoms with van der Waals surface area (Å²) < 4.78 is 6.13. The molecule has 74 valence electrons. The van der Waals surface area contributed by atoms with Gasteiger partial charge >= 0.3 is 0 Å². The fourth-order valence-electron chi connectivity index (χ4n) is 4.10. The van der Waals surface area contributed by atoms with E-state index in [9.17, 15) is 0 Å². The van der Waals surface area contributed by atoms with Gasteiger partial charge in [0, 0.05) is 0 Å². The van der Waals surface area contributed by atoms with Crippen molar-refractivity contribution in [2.24, 2.45) is 17.6 Å². The van der Waals surface area contributed by atoms with Crippen molar-refractivity contribution in [2.45, 2.75) is 56.8 Å². The summed E-state index contributed by atoms with van der Waals surface area (Å²) in [4.78, 5) is 0. The van der Waals surface area contributed by atoms with Gasteiger partial charge < -0.3 is 10.5 Å². The van der Waals surface area contributed by atoms with Crippen LogP contribution in [0.5, 0.6) is 0 Å². The van der Waals surface area contributed by atoms with Crippen LogP contribution >= 0.6 is 0 Å². The molecule has 4 rings (SSSR count). The largest absolute Gasteiger partial charge is 0.354 e. The minimum Gasteiger partial charge on any atom is -0.354 e. The Kier molecular flexibility index (Phi) is 1.45. The van der Waals surface area contributed by atoms with Crippen LogP contribution in [-0.2, 0) is 4.74 Å². The summed E-state index contributed by atoms with van der Waals surface area (Å²) in [6.45, 7) is 2.25. The highest BCUT2D eigenvalue weighted by Crippen LogP contribution is 2.56. The fourth-order valence-corrected chi connectivity index (χ4v) is 4.10. The van der Waals surface area contributed by atoms with Crippen LogP contribution in [-0.4, -0.2) is 11.3 Å². The van der Waals surface area contributed by atoms with Gasteiger partial charge in [0.05, 0.1) is 5.60 Å². The van der Waals surface area contributed by atoms with E-state index < -0.39 is 0 Å². The molecule has 2 unspecified atom stereocenters. The number of rotatable bonds is 1. The maximum atomic E-state index is 6.26. The summed E-state index contributed by atoms with van der Waals surface area (Å²) in [5, 5.41) is 0. The third-order valence-electron chi connectivity index (χ3n) is 4.32. The molecule has 0 spiro atoms. The van der Waals surface area contributed by atoms with Crippen molar-refractivity contribution in [1.29, 1.82) is 0 Å². The second kappa shape index (κ2) is 2.29. The number of ether oxygens (including phenoxy) is 1. The van der Waals surface area contributed by atoms with Crippen LogP contribution in [0, 0.1) is 11.8 Å². The molecule has 0 aromatic heterocycles. The summed E-state index contributed by atoms with van der Waals surface area (Å²) in [5.41, 5.74) is 6.20. The van der Waals surface area contributed by atoms with Gasteiger partial charge in [0.2, 0.25) is 0 Å². The molecule has 2 aliphatic heterocycles. The molecule has 0 aromatic carbocycles. The summed E-state index contributed by atoms with van der Waals surface area (Å²) in [6.07, 6.45) is 7.36. The van der Waals surface area contributed by atoms with Crippen molar-refractivity contribution >= 4 is 0 Å². The van der Waals surface area contributed by atoms with Gasteiger partial charge in [-0.3, -0.25) is 0 Å². The first-order valence-corrected chi connectivity index (χ1v) is 5.62. The van der Waals surface area contributed by atoms with Crippen LogP contribution in [0.4, 0.5) is 0 Å². The standard InChI is InChI=1S/C11H19NO/c1-2-10-4-8-3-9(5-10)7-11(12,6-8)13-10/h8-9H,2-7,12H2,1H3. The van der Waals surface area contributed by atoms with Gasteiger partial charge in [0.15, 0.2) is 0 Å². The third-order valence-corrected chi connectivity index (χ3v) is 4.32. The predicted molar refractivity (Wildman–Crippen MR) is 51.1 cm³/mol. The molecule has 4 bridgehead atoms. The van der Waals surface area contributed by atoms with E-state index in [4.69, 9.17) is 10.5 Å². The number of hydrogen-bond donors (Lipinski definition) is 1. The van der Waals surface area contributed by atoms with E-state index in [1.165, 1.54) is 19.3 Å². The maximum Gasteiger partial charge on any atom is 0.118 e. The Morgan fingerprint density at radius 2 is 1.85 bits per heavy atom. The minimum absolute atomic E-state index is 0.179. The van der Waals surface area contributed by atoms with Crippen molar-refractivity contribution in [2.75, 3.05) is 0 Å². The van der Waals surface area contributed by atoms with Crippen molar-refractivity contribution < 1.29 is 4.74 Å². The quantitative estimate of drug-likeness (QED) is 0.671. The number of nitrogens with two attached hydrogens (primary N) is 1. The normalized spacial score (nSPS) is 58.6. The molecule has 0 radical (unpaired) electrons. The van der Waals surface area contributed by atoms with Crippen LogP contribution in [0.2, 0.25) is 0 Å². The molecule has 2 nitrogen and oxygen atoms in total. The van der Waals surface area contributed by atoms with Crippen molar-refractivity contribution in [3.8, 4) is 0 Å². The summed E-state index contributed by atoms with van der Waals surface area (Å²) in [6, 6.07) is 0. The molecule has 4 aliphatic rings. The average Bonchev–Trinajstić information content (AvgIpc) is 1.99. The Morgan fingerprint density at radius 3 is 2.31 bits per heavy atom. The lowest BCUT2D eigenvalue weighted by molar-refractivity contribution is -0.272. The second-order valence-electron chi connectivity index (χ2n) is 5.49. The zero-order valence-corrected chi connectivity index (χ0v) is 8.38. The molecule has 2 N–H and O–H groups in total. The molecular formula is C11H19NO. The Hall–Kier alpha value is -0.0800. The zero-order valence-electron chi connectivity index (χ0n) is 8.38. The first-order chi connectivity index (χ1) is 6.13. The molecular weight excluding hydrogens is 162 g/mol. The third kappa shape index (κ3) is 1.08. The highest BCUT2D eigenvalue weighted by atomic mass is 16.5. The zero-order chi connectivity index (χ0) is 9.10. The van der Waals surface area contributed by atoms with E-state index in [1.807, 2.05) is 0 Å². The Bertz CT molecular complexity index is 224. The Balaban J connectivity index is 1.95. The predicted octanol–water partition coefficient (Wildman–Crippen LogP) is 2.03. The molecule has 2 saturated heterocycles. The van der Waals surface area contributed by atoms with Crippen LogP contribution in [0.25, 0.3) is 0 Å². The molecule has 0 aromatic rings. The highest BCUT2D eigenvalue weighted by Gasteiger charge is 2.56. The van der Waals surface area contributed by atoms with Gasteiger partial charge in [-0.05, 0) is 50.4 Å². The lowest BCUT2D eigenvalue weighted by Gasteiger charge is -2.60. The molecule has 4 fully saturated rings. The van der Waals surface area contributed by atoms with Crippen LogP contribution in [0.15, 0.2) is 0 Å². The van der Waals surface area contributed by atoms with E-state index in [2.05, 4.69) is 6.92 Å².